The molecule has 0 saturated carbocycles. The van der Waals surface area contributed by atoms with Crippen molar-refractivity contribution in [3.8, 4) is 0 Å². The van der Waals surface area contributed by atoms with Gasteiger partial charge < -0.3 is 14.5 Å². The lowest BCUT2D eigenvalue weighted by molar-refractivity contribution is 0.0721. The van der Waals surface area contributed by atoms with Crippen LogP contribution in [0.25, 0.3) is 0 Å². The fourth-order valence-corrected chi connectivity index (χ4v) is 3.20. The third kappa shape index (κ3) is 4.40. The smallest absolute Gasteiger partial charge is 0.257 e. The molecular weight excluding hydrogens is 330 g/mol. The Balaban J connectivity index is 1.86. The van der Waals surface area contributed by atoms with Crippen LogP contribution in [0, 0.1) is 5.92 Å². The molecule has 0 radical (unpaired) electrons. The van der Waals surface area contributed by atoms with Gasteiger partial charge in [0.2, 0.25) is 0 Å². The molecular formula is C19H27N5O2. The minimum atomic E-state index is 0.0112. The van der Waals surface area contributed by atoms with Gasteiger partial charge in [0.15, 0.2) is 0 Å². The van der Waals surface area contributed by atoms with Crippen molar-refractivity contribution in [1.29, 1.82) is 0 Å². The maximum absolute atomic E-state index is 13.4. The number of hydrogen-bond acceptors (Lipinski definition) is 5. The number of rotatable bonds is 6. The number of hydrogen-bond donors (Lipinski definition) is 0. The Bertz CT molecular complexity index is 737. The zero-order chi connectivity index (χ0) is 18.5. The Hall–Kier alpha value is -2.41. The number of anilines is 1. The van der Waals surface area contributed by atoms with E-state index in [1.807, 2.05) is 36.5 Å². The second-order valence-corrected chi connectivity index (χ2v) is 7.08. The van der Waals surface area contributed by atoms with Gasteiger partial charge in [-0.3, -0.25) is 9.48 Å². The number of aromatic nitrogens is 3. The predicted octanol–water partition coefficient (Wildman–Crippen LogP) is 1.95. The standard InChI is InChI=1S/C19H27N5O2/c1-15(2)12-24(14-16-11-21-22(3)13-16)19(25)17-5-4-6-20-18(17)23-7-9-26-10-8-23/h4-6,11,13,15H,7-10,12,14H2,1-3H3. The van der Waals surface area contributed by atoms with Gasteiger partial charge in [0, 0.05) is 51.2 Å². The first-order valence-electron chi connectivity index (χ1n) is 9.09. The molecule has 7 heteroatoms. The maximum atomic E-state index is 13.4. The van der Waals surface area contributed by atoms with E-state index < -0.39 is 0 Å². The molecule has 1 saturated heterocycles. The minimum absolute atomic E-state index is 0.0112. The van der Waals surface area contributed by atoms with Crippen molar-refractivity contribution in [3.63, 3.8) is 0 Å². The molecule has 0 atom stereocenters. The molecule has 3 rings (SSSR count). The van der Waals surface area contributed by atoms with E-state index in [9.17, 15) is 4.79 Å². The van der Waals surface area contributed by atoms with E-state index in [0.717, 1.165) is 24.5 Å². The number of nitrogens with zero attached hydrogens (tertiary/aromatic N) is 5. The first kappa shape index (κ1) is 18.4. The lowest BCUT2D eigenvalue weighted by atomic mass is 10.1. The van der Waals surface area contributed by atoms with Crippen molar-refractivity contribution in [2.45, 2.75) is 20.4 Å². The summed E-state index contributed by atoms with van der Waals surface area (Å²) in [5, 5.41) is 4.22. The number of amides is 1. The number of morpholine rings is 1. The summed E-state index contributed by atoms with van der Waals surface area (Å²) < 4.78 is 7.19. The number of carbonyl (C=O) groups excluding carboxylic acids is 1. The molecule has 1 aliphatic heterocycles. The number of carbonyl (C=O) groups is 1. The van der Waals surface area contributed by atoms with Crippen molar-refractivity contribution in [2.24, 2.45) is 13.0 Å². The van der Waals surface area contributed by atoms with Crippen LogP contribution in [0.4, 0.5) is 5.82 Å². The monoisotopic (exact) mass is 357 g/mol. The van der Waals surface area contributed by atoms with Crippen LogP contribution < -0.4 is 4.90 Å². The number of pyridine rings is 1. The van der Waals surface area contributed by atoms with Crippen LogP contribution in [0.15, 0.2) is 30.7 Å². The van der Waals surface area contributed by atoms with E-state index in [-0.39, 0.29) is 5.91 Å². The van der Waals surface area contributed by atoms with Crippen molar-refractivity contribution in [1.82, 2.24) is 19.7 Å². The van der Waals surface area contributed by atoms with Gasteiger partial charge in [-0.25, -0.2) is 4.98 Å². The van der Waals surface area contributed by atoms with Crippen LogP contribution in [0.3, 0.4) is 0 Å². The summed E-state index contributed by atoms with van der Waals surface area (Å²) in [5.74, 6) is 1.14. The molecule has 0 unspecified atom stereocenters. The first-order chi connectivity index (χ1) is 12.5. The third-order valence-corrected chi connectivity index (χ3v) is 4.33. The molecule has 2 aromatic rings. The zero-order valence-electron chi connectivity index (χ0n) is 15.8. The summed E-state index contributed by atoms with van der Waals surface area (Å²) in [6.07, 6.45) is 5.51. The Kier molecular flexibility index (Phi) is 5.88. The largest absolute Gasteiger partial charge is 0.378 e. The third-order valence-electron chi connectivity index (χ3n) is 4.33. The highest BCUT2D eigenvalue weighted by Gasteiger charge is 2.24. The van der Waals surface area contributed by atoms with Crippen LogP contribution in [0.5, 0.6) is 0 Å². The van der Waals surface area contributed by atoms with Gasteiger partial charge in [0.05, 0.1) is 25.0 Å². The molecule has 1 amide bonds. The van der Waals surface area contributed by atoms with Gasteiger partial charge in [-0.2, -0.15) is 5.10 Å². The summed E-state index contributed by atoms with van der Waals surface area (Å²) in [6.45, 7) is 8.30. The van der Waals surface area contributed by atoms with Crippen LogP contribution in [-0.4, -0.2) is 58.4 Å². The van der Waals surface area contributed by atoms with Crippen LogP contribution in [0.2, 0.25) is 0 Å². The Morgan fingerprint density at radius 3 is 2.77 bits per heavy atom. The molecule has 0 N–H and O–H groups in total. The van der Waals surface area contributed by atoms with Crippen LogP contribution in [0.1, 0.15) is 29.8 Å². The van der Waals surface area contributed by atoms with Crippen molar-refractivity contribution in [3.05, 3.63) is 41.9 Å². The van der Waals surface area contributed by atoms with Crippen LogP contribution >= 0.6 is 0 Å². The quantitative estimate of drug-likeness (QED) is 0.791. The van der Waals surface area contributed by atoms with Gasteiger partial charge in [0.25, 0.3) is 5.91 Å². The summed E-state index contributed by atoms with van der Waals surface area (Å²) in [7, 11) is 1.88. The van der Waals surface area contributed by atoms with Gasteiger partial charge in [-0.1, -0.05) is 13.8 Å². The fourth-order valence-electron chi connectivity index (χ4n) is 3.20. The lowest BCUT2D eigenvalue weighted by Gasteiger charge is -2.31. The molecule has 1 aliphatic rings. The number of ether oxygens (including phenoxy) is 1. The SMILES string of the molecule is CC(C)CN(Cc1cnn(C)c1)C(=O)c1cccnc1N1CCOCC1. The molecule has 26 heavy (non-hydrogen) atoms. The molecule has 140 valence electrons. The predicted molar refractivity (Wildman–Crippen MR) is 100 cm³/mol. The van der Waals surface area contributed by atoms with Crippen LogP contribution in [-0.2, 0) is 18.3 Å². The molecule has 1 fully saturated rings. The van der Waals surface area contributed by atoms with E-state index >= 15 is 0 Å². The van der Waals surface area contributed by atoms with Crippen molar-refractivity contribution >= 4 is 11.7 Å². The summed E-state index contributed by atoms with van der Waals surface area (Å²) in [5.41, 5.74) is 1.68. The van der Waals surface area contributed by atoms with Gasteiger partial charge >= 0.3 is 0 Å². The van der Waals surface area contributed by atoms with Crippen molar-refractivity contribution in [2.75, 3.05) is 37.7 Å². The lowest BCUT2D eigenvalue weighted by Crippen LogP contribution is -2.39. The average molecular weight is 357 g/mol. The molecule has 2 aromatic heterocycles. The second kappa shape index (κ2) is 8.31. The molecule has 3 heterocycles. The Labute approximate surface area is 154 Å². The first-order valence-corrected chi connectivity index (χ1v) is 9.09. The zero-order valence-corrected chi connectivity index (χ0v) is 15.8. The van der Waals surface area contributed by atoms with E-state index in [0.29, 0.717) is 37.8 Å². The summed E-state index contributed by atoms with van der Waals surface area (Å²) in [4.78, 5) is 21.9. The normalized spacial score (nSPS) is 14.7. The van der Waals surface area contributed by atoms with E-state index in [4.69, 9.17) is 4.74 Å². The topological polar surface area (TPSA) is 63.5 Å². The Morgan fingerprint density at radius 2 is 2.12 bits per heavy atom. The number of aryl methyl sites for hydroxylation is 1. The Morgan fingerprint density at radius 1 is 1.35 bits per heavy atom. The van der Waals surface area contributed by atoms with Crippen molar-refractivity contribution < 1.29 is 9.53 Å². The molecule has 0 aliphatic carbocycles. The van der Waals surface area contributed by atoms with Gasteiger partial charge in [0.1, 0.15) is 5.82 Å². The summed E-state index contributed by atoms with van der Waals surface area (Å²) >= 11 is 0. The molecule has 0 spiro atoms. The van der Waals surface area contributed by atoms with E-state index in [1.54, 1.807) is 10.9 Å². The molecule has 7 nitrogen and oxygen atoms in total. The molecule has 0 bridgehead atoms. The highest BCUT2D eigenvalue weighted by molar-refractivity contribution is 5.98. The molecule has 0 aromatic carbocycles. The highest BCUT2D eigenvalue weighted by Crippen LogP contribution is 2.21. The van der Waals surface area contributed by atoms with E-state index in [1.165, 1.54) is 0 Å². The highest BCUT2D eigenvalue weighted by atomic mass is 16.5. The average Bonchev–Trinajstić information content (AvgIpc) is 3.06. The van der Waals surface area contributed by atoms with Gasteiger partial charge in [-0.15, -0.1) is 0 Å². The summed E-state index contributed by atoms with van der Waals surface area (Å²) in [6, 6.07) is 3.70. The minimum Gasteiger partial charge on any atom is -0.378 e. The maximum Gasteiger partial charge on any atom is 0.257 e. The fraction of sp³-hybridized carbons (Fsp3) is 0.526. The van der Waals surface area contributed by atoms with E-state index in [2.05, 4.69) is 28.8 Å². The second-order valence-electron chi connectivity index (χ2n) is 7.08. The van der Waals surface area contributed by atoms with Gasteiger partial charge in [-0.05, 0) is 18.1 Å².